The second-order valence-electron chi connectivity index (χ2n) is 6.12. The van der Waals surface area contributed by atoms with Gasteiger partial charge in [0.2, 0.25) is 5.91 Å². The predicted molar refractivity (Wildman–Crippen MR) is 86.0 cm³/mol. The van der Waals surface area contributed by atoms with Crippen molar-refractivity contribution >= 4 is 23.5 Å². The van der Waals surface area contributed by atoms with Crippen LogP contribution < -0.4 is 0 Å². The number of carboxylic acids is 1. The van der Waals surface area contributed by atoms with E-state index in [2.05, 4.69) is 5.10 Å². The molecule has 8 heteroatoms. The lowest BCUT2D eigenvalue weighted by Gasteiger charge is -2.27. The molecule has 1 atom stereocenters. The van der Waals surface area contributed by atoms with Crippen molar-refractivity contribution in [3.63, 3.8) is 0 Å². The lowest BCUT2D eigenvalue weighted by molar-refractivity contribution is -0.146. The number of amides is 2. The van der Waals surface area contributed by atoms with E-state index in [0.29, 0.717) is 24.9 Å². The molecule has 0 unspecified atom stereocenters. The fraction of sp³-hybridized carbons (Fsp3) is 0.412. The number of hydrazone groups is 1. The first-order valence-corrected chi connectivity index (χ1v) is 8.12. The molecular formula is C17H18FN3O4. The Hall–Kier alpha value is -2.77. The minimum atomic E-state index is -1.03. The zero-order chi connectivity index (χ0) is 18.0. The maximum absolute atomic E-state index is 13.0. The van der Waals surface area contributed by atoms with Crippen LogP contribution in [0.15, 0.2) is 29.4 Å². The first kappa shape index (κ1) is 17.1. The number of aliphatic carboxylic acids is 1. The molecule has 0 bridgehead atoms. The van der Waals surface area contributed by atoms with E-state index >= 15 is 0 Å². The molecule has 1 saturated heterocycles. The third-order valence-corrected chi connectivity index (χ3v) is 4.40. The maximum atomic E-state index is 13.0. The summed E-state index contributed by atoms with van der Waals surface area (Å²) >= 11 is 0. The van der Waals surface area contributed by atoms with E-state index in [-0.39, 0.29) is 36.8 Å². The number of rotatable bonds is 4. The van der Waals surface area contributed by atoms with Gasteiger partial charge in [0, 0.05) is 19.4 Å². The number of likely N-dealkylation sites (tertiary alicyclic amines) is 1. The molecule has 1 N–H and O–H groups in total. The van der Waals surface area contributed by atoms with Gasteiger partial charge in [-0.15, -0.1) is 0 Å². The topological polar surface area (TPSA) is 90.3 Å². The van der Waals surface area contributed by atoms with Crippen LogP contribution in [0.25, 0.3) is 0 Å². The van der Waals surface area contributed by atoms with E-state index in [9.17, 15) is 23.9 Å². The van der Waals surface area contributed by atoms with E-state index in [1.165, 1.54) is 22.0 Å². The van der Waals surface area contributed by atoms with Crippen molar-refractivity contribution in [2.75, 3.05) is 6.54 Å². The van der Waals surface area contributed by atoms with Crippen LogP contribution in [0, 0.1) is 5.82 Å². The van der Waals surface area contributed by atoms with Crippen LogP contribution in [0.4, 0.5) is 4.39 Å². The molecule has 0 radical (unpaired) electrons. The summed E-state index contributed by atoms with van der Waals surface area (Å²) in [6.45, 7) is 0.513. The zero-order valence-corrected chi connectivity index (χ0v) is 13.5. The molecule has 2 aliphatic rings. The summed E-state index contributed by atoms with van der Waals surface area (Å²) in [5, 5.41) is 14.5. The third-order valence-electron chi connectivity index (χ3n) is 4.40. The molecular weight excluding hydrogens is 329 g/mol. The number of benzene rings is 1. The number of carbonyl (C=O) groups is 3. The van der Waals surface area contributed by atoms with Crippen LogP contribution in [0.5, 0.6) is 0 Å². The maximum Gasteiger partial charge on any atom is 0.326 e. The Morgan fingerprint density at radius 1 is 1.24 bits per heavy atom. The number of halogens is 1. The first-order valence-electron chi connectivity index (χ1n) is 8.12. The van der Waals surface area contributed by atoms with Gasteiger partial charge in [0.15, 0.2) is 0 Å². The molecule has 3 rings (SSSR count). The van der Waals surface area contributed by atoms with Crippen molar-refractivity contribution in [1.82, 2.24) is 9.91 Å². The second-order valence-corrected chi connectivity index (χ2v) is 6.12. The Labute approximate surface area is 143 Å². The SMILES string of the molecule is O=C(O)[C@H]1CCCN1C(=O)C1=NN(Cc2ccc(F)cc2)C(=O)CC1. The molecule has 2 heterocycles. The molecule has 1 fully saturated rings. The Morgan fingerprint density at radius 2 is 1.96 bits per heavy atom. The number of carboxylic acid groups (broad SMARTS) is 1. The summed E-state index contributed by atoms with van der Waals surface area (Å²) in [5.74, 6) is -2.05. The summed E-state index contributed by atoms with van der Waals surface area (Å²) in [5.41, 5.74) is 0.881. The summed E-state index contributed by atoms with van der Waals surface area (Å²) in [4.78, 5) is 37.2. The van der Waals surface area contributed by atoms with Crippen LogP contribution in [0.1, 0.15) is 31.2 Å². The van der Waals surface area contributed by atoms with Crippen LogP contribution in [0.3, 0.4) is 0 Å². The smallest absolute Gasteiger partial charge is 0.326 e. The molecule has 132 valence electrons. The highest BCUT2D eigenvalue weighted by molar-refractivity contribution is 6.39. The number of hydrogen-bond acceptors (Lipinski definition) is 4. The second kappa shape index (κ2) is 7.00. The van der Waals surface area contributed by atoms with Gasteiger partial charge in [0.1, 0.15) is 17.6 Å². The fourth-order valence-corrected chi connectivity index (χ4v) is 3.07. The van der Waals surface area contributed by atoms with Gasteiger partial charge in [-0.25, -0.2) is 14.2 Å². The lowest BCUT2D eigenvalue weighted by atomic mass is 10.1. The van der Waals surface area contributed by atoms with E-state index in [4.69, 9.17) is 0 Å². The number of carbonyl (C=O) groups excluding carboxylic acids is 2. The zero-order valence-electron chi connectivity index (χ0n) is 13.5. The highest BCUT2D eigenvalue weighted by atomic mass is 19.1. The van der Waals surface area contributed by atoms with E-state index in [1.54, 1.807) is 12.1 Å². The van der Waals surface area contributed by atoms with Crippen molar-refractivity contribution < 1.29 is 23.9 Å². The molecule has 0 saturated carbocycles. The van der Waals surface area contributed by atoms with Crippen LogP contribution >= 0.6 is 0 Å². The first-order chi connectivity index (χ1) is 12.0. The summed E-state index contributed by atoms with van der Waals surface area (Å²) < 4.78 is 13.0. The van der Waals surface area contributed by atoms with Crippen molar-refractivity contribution in [3.05, 3.63) is 35.6 Å². The van der Waals surface area contributed by atoms with Crippen molar-refractivity contribution in [1.29, 1.82) is 0 Å². The summed E-state index contributed by atoms with van der Waals surface area (Å²) in [6.07, 6.45) is 1.39. The molecule has 0 aliphatic carbocycles. The Balaban J connectivity index is 1.77. The van der Waals surface area contributed by atoms with Gasteiger partial charge in [-0.05, 0) is 30.5 Å². The Kier molecular flexibility index (Phi) is 4.78. The standard InChI is InChI=1S/C17H18FN3O4/c18-12-5-3-11(4-6-12)10-21-15(22)8-7-13(19-21)16(23)20-9-1-2-14(20)17(24)25/h3-6,14H,1-2,7-10H2,(H,24,25)/t14-/m1/s1. The summed E-state index contributed by atoms with van der Waals surface area (Å²) in [6, 6.07) is 4.85. The van der Waals surface area contributed by atoms with Crippen molar-refractivity contribution in [2.45, 2.75) is 38.3 Å². The fourth-order valence-electron chi connectivity index (χ4n) is 3.07. The van der Waals surface area contributed by atoms with Crippen molar-refractivity contribution in [2.24, 2.45) is 5.10 Å². The van der Waals surface area contributed by atoms with E-state index < -0.39 is 17.9 Å². The largest absolute Gasteiger partial charge is 0.480 e. The van der Waals surface area contributed by atoms with Crippen LogP contribution in [-0.2, 0) is 20.9 Å². The van der Waals surface area contributed by atoms with Gasteiger partial charge in [-0.2, -0.15) is 5.10 Å². The minimum Gasteiger partial charge on any atom is -0.480 e. The van der Waals surface area contributed by atoms with Crippen molar-refractivity contribution in [3.8, 4) is 0 Å². The minimum absolute atomic E-state index is 0.136. The van der Waals surface area contributed by atoms with Crippen LogP contribution in [-0.4, -0.2) is 51.1 Å². The number of nitrogens with zero attached hydrogens (tertiary/aromatic N) is 3. The molecule has 2 aliphatic heterocycles. The van der Waals surface area contributed by atoms with Gasteiger partial charge < -0.3 is 10.0 Å². The molecule has 2 amide bonds. The molecule has 25 heavy (non-hydrogen) atoms. The molecule has 1 aromatic carbocycles. The van der Waals surface area contributed by atoms with E-state index in [1.807, 2.05) is 0 Å². The summed E-state index contributed by atoms with van der Waals surface area (Å²) in [7, 11) is 0. The Morgan fingerprint density at radius 3 is 2.64 bits per heavy atom. The molecule has 0 spiro atoms. The van der Waals surface area contributed by atoms with Gasteiger partial charge in [-0.1, -0.05) is 12.1 Å². The lowest BCUT2D eigenvalue weighted by Crippen LogP contribution is -2.46. The van der Waals surface area contributed by atoms with Gasteiger partial charge >= 0.3 is 5.97 Å². The highest BCUT2D eigenvalue weighted by Crippen LogP contribution is 2.21. The normalized spacial score (nSPS) is 20.6. The number of hydrogen-bond donors (Lipinski definition) is 1. The monoisotopic (exact) mass is 347 g/mol. The van der Waals surface area contributed by atoms with Gasteiger partial charge in [-0.3, -0.25) is 9.59 Å². The predicted octanol–water partition coefficient (Wildman–Crippen LogP) is 1.38. The van der Waals surface area contributed by atoms with E-state index in [0.717, 1.165) is 0 Å². The highest BCUT2D eigenvalue weighted by Gasteiger charge is 2.37. The Bertz CT molecular complexity index is 732. The van der Waals surface area contributed by atoms with Crippen LogP contribution in [0.2, 0.25) is 0 Å². The quantitative estimate of drug-likeness (QED) is 0.891. The third kappa shape index (κ3) is 3.67. The average Bonchev–Trinajstić information content (AvgIpc) is 3.08. The molecule has 0 aromatic heterocycles. The molecule has 1 aromatic rings. The van der Waals surface area contributed by atoms with Gasteiger partial charge in [0.25, 0.3) is 5.91 Å². The molecule has 7 nitrogen and oxygen atoms in total. The average molecular weight is 347 g/mol. The van der Waals surface area contributed by atoms with Gasteiger partial charge in [0.05, 0.1) is 6.54 Å².